The van der Waals surface area contributed by atoms with Gasteiger partial charge in [0.2, 0.25) is 5.95 Å². The molecule has 2 atom stereocenters. The molecule has 1 amide bonds. The van der Waals surface area contributed by atoms with Gasteiger partial charge in [-0.2, -0.15) is 4.39 Å². The van der Waals surface area contributed by atoms with Crippen LogP contribution < -0.4 is 0 Å². The maximum Gasteiger partial charge on any atom is 0.255 e. The molecule has 1 fully saturated rings. The molecule has 0 radical (unpaired) electrons. The average Bonchev–Trinajstić information content (AvgIpc) is 2.82. The number of pyridine rings is 1. The number of carbonyl (C=O) groups excluding carboxylic acids is 1. The lowest BCUT2D eigenvalue weighted by Gasteiger charge is -2.15. The highest BCUT2D eigenvalue weighted by atomic mass is 19.1. The molecule has 0 aliphatic carbocycles. The summed E-state index contributed by atoms with van der Waals surface area (Å²) in [6.45, 7) is 0.927. The number of carbonyl (C=O) groups is 1. The molecule has 6 heteroatoms. The Kier molecular flexibility index (Phi) is 3.88. The van der Waals surface area contributed by atoms with E-state index in [9.17, 15) is 9.18 Å². The van der Waals surface area contributed by atoms with Crippen LogP contribution in [0.25, 0.3) is 0 Å². The number of methoxy groups -OCH3 is 2. The molecule has 1 aliphatic heterocycles. The van der Waals surface area contributed by atoms with Gasteiger partial charge in [0.05, 0.1) is 5.56 Å². The molecule has 1 aromatic heterocycles. The van der Waals surface area contributed by atoms with Crippen molar-refractivity contribution in [2.45, 2.75) is 12.2 Å². The predicted molar refractivity (Wildman–Crippen MR) is 61.7 cm³/mol. The van der Waals surface area contributed by atoms with Crippen LogP contribution in [0.1, 0.15) is 10.4 Å². The van der Waals surface area contributed by atoms with E-state index < -0.39 is 5.95 Å². The fraction of sp³-hybridized carbons (Fsp3) is 0.500. The molecule has 2 rings (SSSR count). The first kappa shape index (κ1) is 12.9. The summed E-state index contributed by atoms with van der Waals surface area (Å²) in [4.78, 5) is 17.2. The van der Waals surface area contributed by atoms with E-state index in [1.165, 1.54) is 18.3 Å². The van der Waals surface area contributed by atoms with Crippen LogP contribution >= 0.6 is 0 Å². The Morgan fingerprint density at radius 2 is 1.94 bits per heavy atom. The SMILES string of the molecule is COC1CN(C(=O)c2ccc(F)nc2)CC1OC. The molecular formula is C12H15FN2O3. The maximum atomic E-state index is 12.7. The highest BCUT2D eigenvalue weighted by Gasteiger charge is 2.35. The first-order valence-electron chi connectivity index (χ1n) is 5.62. The number of rotatable bonds is 3. The minimum absolute atomic E-state index is 0.132. The zero-order valence-electron chi connectivity index (χ0n) is 10.3. The molecule has 0 spiro atoms. The number of halogens is 1. The van der Waals surface area contributed by atoms with E-state index >= 15 is 0 Å². The monoisotopic (exact) mass is 254 g/mol. The van der Waals surface area contributed by atoms with Gasteiger partial charge in [-0.1, -0.05) is 0 Å². The van der Waals surface area contributed by atoms with Crippen molar-refractivity contribution in [3.05, 3.63) is 29.8 Å². The van der Waals surface area contributed by atoms with Gasteiger partial charge in [-0.15, -0.1) is 0 Å². The van der Waals surface area contributed by atoms with Gasteiger partial charge in [-0.05, 0) is 12.1 Å². The Morgan fingerprint density at radius 1 is 1.33 bits per heavy atom. The Bertz CT molecular complexity index is 412. The molecule has 0 aromatic carbocycles. The molecular weight excluding hydrogens is 239 g/mol. The van der Waals surface area contributed by atoms with E-state index in [0.29, 0.717) is 18.7 Å². The molecule has 0 saturated carbocycles. The van der Waals surface area contributed by atoms with Crippen molar-refractivity contribution < 1.29 is 18.7 Å². The summed E-state index contributed by atoms with van der Waals surface area (Å²) in [5.41, 5.74) is 0.364. The number of likely N-dealkylation sites (tertiary alicyclic amines) is 1. The van der Waals surface area contributed by atoms with Crippen LogP contribution in [0.15, 0.2) is 18.3 Å². The summed E-state index contributed by atoms with van der Waals surface area (Å²) in [5.74, 6) is -0.790. The molecule has 1 aliphatic rings. The smallest absolute Gasteiger partial charge is 0.255 e. The Morgan fingerprint density at radius 3 is 2.39 bits per heavy atom. The Hall–Kier alpha value is -1.53. The van der Waals surface area contributed by atoms with Crippen LogP contribution in [0, 0.1) is 5.95 Å². The van der Waals surface area contributed by atoms with Crippen molar-refractivity contribution in [3.8, 4) is 0 Å². The molecule has 0 bridgehead atoms. The summed E-state index contributed by atoms with van der Waals surface area (Å²) < 4.78 is 23.2. The number of hydrogen-bond donors (Lipinski definition) is 0. The third-order valence-corrected chi connectivity index (χ3v) is 3.08. The molecule has 0 N–H and O–H groups in total. The number of ether oxygens (including phenoxy) is 2. The van der Waals surface area contributed by atoms with Crippen molar-refractivity contribution in [2.75, 3.05) is 27.3 Å². The standard InChI is InChI=1S/C12H15FN2O3/c1-17-9-6-15(7-10(9)18-2)12(16)8-3-4-11(13)14-5-8/h3-5,9-10H,6-7H2,1-2H3. The maximum absolute atomic E-state index is 12.7. The van der Waals surface area contributed by atoms with Crippen molar-refractivity contribution >= 4 is 5.91 Å². The van der Waals surface area contributed by atoms with Gasteiger partial charge in [0.25, 0.3) is 5.91 Å². The highest BCUT2D eigenvalue weighted by Crippen LogP contribution is 2.18. The largest absolute Gasteiger partial charge is 0.377 e. The minimum Gasteiger partial charge on any atom is -0.377 e. The van der Waals surface area contributed by atoms with Gasteiger partial charge >= 0.3 is 0 Å². The van der Waals surface area contributed by atoms with E-state index in [4.69, 9.17) is 9.47 Å². The van der Waals surface area contributed by atoms with Crippen LogP contribution in [-0.4, -0.2) is 55.3 Å². The van der Waals surface area contributed by atoms with Gasteiger partial charge in [0, 0.05) is 33.5 Å². The van der Waals surface area contributed by atoms with E-state index in [2.05, 4.69) is 4.98 Å². The second kappa shape index (κ2) is 5.41. The summed E-state index contributed by atoms with van der Waals surface area (Å²) in [5, 5.41) is 0. The quantitative estimate of drug-likeness (QED) is 0.745. The molecule has 1 saturated heterocycles. The summed E-state index contributed by atoms with van der Waals surface area (Å²) >= 11 is 0. The van der Waals surface area contributed by atoms with Crippen LogP contribution in [0.5, 0.6) is 0 Å². The van der Waals surface area contributed by atoms with Crippen LogP contribution in [0.4, 0.5) is 4.39 Å². The summed E-state index contributed by atoms with van der Waals surface area (Å²) in [6, 6.07) is 2.59. The number of hydrogen-bond acceptors (Lipinski definition) is 4. The van der Waals surface area contributed by atoms with Crippen molar-refractivity contribution in [3.63, 3.8) is 0 Å². The van der Waals surface area contributed by atoms with Gasteiger partial charge in [0.15, 0.2) is 0 Å². The molecule has 1 aromatic rings. The highest BCUT2D eigenvalue weighted by molar-refractivity contribution is 5.94. The predicted octanol–water partition coefficient (Wildman–Crippen LogP) is 0.707. The molecule has 2 unspecified atom stereocenters. The first-order chi connectivity index (χ1) is 8.65. The fourth-order valence-corrected chi connectivity index (χ4v) is 2.05. The van der Waals surface area contributed by atoms with Crippen LogP contribution in [0.3, 0.4) is 0 Å². The lowest BCUT2D eigenvalue weighted by atomic mass is 10.2. The fourth-order valence-electron chi connectivity index (χ4n) is 2.05. The lowest BCUT2D eigenvalue weighted by Crippen LogP contribution is -2.30. The first-order valence-corrected chi connectivity index (χ1v) is 5.62. The summed E-state index contributed by atoms with van der Waals surface area (Å²) in [6.07, 6.45) is 0.972. The molecule has 18 heavy (non-hydrogen) atoms. The van der Waals surface area contributed by atoms with E-state index in [-0.39, 0.29) is 18.1 Å². The van der Waals surface area contributed by atoms with Gasteiger partial charge < -0.3 is 14.4 Å². The van der Waals surface area contributed by atoms with Crippen molar-refractivity contribution in [2.24, 2.45) is 0 Å². The zero-order valence-corrected chi connectivity index (χ0v) is 10.3. The van der Waals surface area contributed by atoms with E-state index in [1.807, 2.05) is 0 Å². The lowest BCUT2D eigenvalue weighted by molar-refractivity contribution is -0.00461. The van der Waals surface area contributed by atoms with Gasteiger partial charge in [-0.25, -0.2) is 4.98 Å². The average molecular weight is 254 g/mol. The topological polar surface area (TPSA) is 51.7 Å². The second-order valence-corrected chi connectivity index (χ2v) is 4.13. The van der Waals surface area contributed by atoms with Crippen molar-refractivity contribution in [1.29, 1.82) is 0 Å². The second-order valence-electron chi connectivity index (χ2n) is 4.13. The zero-order chi connectivity index (χ0) is 13.1. The molecule has 98 valence electrons. The number of aromatic nitrogens is 1. The van der Waals surface area contributed by atoms with Gasteiger partial charge in [-0.3, -0.25) is 4.79 Å². The van der Waals surface area contributed by atoms with Crippen LogP contribution in [-0.2, 0) is 9.47 Å². The van der Waals surface area contributed by atoms with E-state index in [0.717, 1.165) is 0 Å². The Labute approximate surface area is 105 Å². The minimum atomic E-state index is -0.600. The molecule has 2 heterocycles. The van der Waals surface area contributed by atoms with Crippen LogP contribution in [0.2, 0.25) is 0 Å². The number of nitrogens with zero attached hydrogens (tertiary/aromatic N) is 2. The third-order valence-electron chi connectivity index (χ3n) is 3.08. The Balaban J connectivity index is 2.09. The molecule has 5 nitrogen and oxygen atoms in total. The van der Waals surface area contributed by atoms with Crippen molar-refractivity contribution in [1.82, 2.24) is 9.88 Å². The van der Waals surface area contributed by atoms with Gasteiger partial charge in [0.1, 0.15) is 12.2 Å². The van der Waals surface area contributed by atoms with E-state index in [1.54, 1.807) is 19.1 Å². The number of amides is 1. The summed E-state index contributed by atoms with van der Waals surface area (Å²) in [7, 11) is 3.17. The third kappa shape index (κ3) is 2.49. The normalized spacial score (nSPS) is 23.4.